The van der Waals surface area contributed by atoms with E-state index in [1.807, 2.05) is 36.5 Å². The molecule has 0 radical (unpaired) electrons. The maximum Gasteiger partial charge on any atom is 0.252 e. The number of benzene rings is 1. The second-order valence-electron chi connectivity index (χ2n) is 6.00. The van der Waals surface area contributed by atoms with Gasteiger partial charge in [0.2, 0.25) is 5.82 Å². The Morgan fingerprint density at radius 2 is 1.96 bits per heavy atom. The van der Waals surface area contributed by atoms with E-state index in [0.717, 1.165) is 24.3 Å². The number of rotatable bonds is 4. The number of halogens is 1. The highest BCUT2D eigenvalue weighted by Crippen LogP contribution is 2.29. The fraction of sp³-hybridized carbons (Fsp3) is 0.312. The zero-order chi connectivity index (χ0) is 17.1. The van der Waals surface area contributed by atoms with Crippen molar-refractivity contribution in [1.82, 2.24) is 35.7 Å². The van der Waals surface area contributed by atoms with Crippen LogP contribution in [0.1, 0.15) is 12.8 Å². The van der Waals surface area contributed by atoms with Gasteiger partial charge in [0.15, 0.2) is 0 Å². The van der Waals surface area contributed by atoms with Gasteiger partial charge in [-0.15, -0.1) is 22.6 Å². The van der Waals surface area contributed by atoms with E-state index in [-0.39, 0.29) is 18.3 Å². The van der Waals surface area contributed by atoms with Crippen LogP contribution in [-0.4, -0.2) is 49.4 Å². The first kappa shape index (κ1) is 18.0. The molecule has 26 heavy (non-hydrogen) atoms. The Kier molecular flexibility index (Phi) is 5.29. The Morgan fingerprint density at radius 1 is 1.19 bits per heavy atom. The van der Waals surface area contributed by atoms with Crippen molar-refractivity contribution in [3.05, 3.63) is 42.7 Å². The van der Waals surface area contributed by atoms with E-state index < -0.39 is 5.54 Å². The van der Waals surface area contributed by atoms with Crippen molar-refractivity contribution in [3.8, 4) is 11.4 Å². The number of aromatic amines is 1. The summed E-state index contributed by atoms with van der Waals surface area (Å²) in [6, 6.07) is 9.21. The summed E-state index contributed by atoms with van der Waals surface area (Å²) in [6.45, 7) is 1.56. The van der Waals surface area contributed by atoms with Gasteiger partial charge < -0.3 is 10.6 Å². The SMILES string of the molecule is Cl.O=C(Nc1ccc(-c2nn[nH]n2)cc1)C1(n2cccn2)CCNCC1. The molecule has 0 atom stereocenters. The number of nitrogens with zero attached hydrogens (tertiary/aromatic N) is 5. The standard InChI is InChI=1S/C16H18N8O.ClH/c25-15(16(6-9-17-10-7-16)24-11-1-8-18-24)19-13-4-2-12(3-5-13)14-20-22-23-21-14;/h1-5,8,11,17H,6-7,9-10H2,(H,19,25)(H,20,21,22,23);1H. The van der Waals surface area contributed by atoms with Crippen molar-refractivity contribution in [3.63, 3.8) is 0 Å². The molecular formula is C16H19ClN8O. The summed E-state index contributed by atoms with van der Waals surface area (Å²) in [7, 11) is 0. The maximum absolute atomic E-state index is 13.1. The highest BCUT2D eigenvalue weighted by atomic mass is 35.5. The Labute approximate surface area is 156 Å². The number of anilines is 1. The number of piperidine rings is 1. The van der Waals surface area contributed by atoms with Gasteiger partial charge in [0.25, 0.3) is 5.91 Å². The molecule has 0 aliphatic carbocycles. The fourth-order valence-electron chi connectivity index (χ4n) is 3.16. The van der Waals surface area contributed by atoms with E-state index in [9.17, 15) is 4.79 Å². The summed E-state index contributed by atoms with van der Waals surface area (Å²) in [5.74, 6) is 0.467. The molecule has 0 saturated carbocycles. The molecule has 3 heterocycles. The summed E-state index contributed by atoms with van der Waals surface area (Å²) in [4.78, 5) is 13.1. The van der Waals surface area contributed by atoms with Gasteiger partial charge in [0.1, 0.15) is 5.54 Å². The highest BCUT2D eigenvalue weighted by molar-refractivity contribution is 5.96. The van der Waals surface area contributed by atoms with Crippen LogP contribution in [0.15, 0.2) is 42.7 Å². The zero-order valence-electron chi connectivity index (χ0n) is 13.9. The number of aromatic nitrogens is 6. The molecule has 0 bridgehead atoms. The second kappa shape index (κ2) is 7.63. The van der Waals surface area contributed by atoms with Gasteiger partial charge in [-0.1, -0.05) is 0 Å². The molecular weight excluding hydrogens is 356 g/mol. The van der Waals surface area contributed by atoms with Crippen molar-refractivity contribution in [2.45, 2.75) is 18.4 Å². The first-order chi connectivity index (χ1) is 12.3. The Hall–Kier alpha value is -2.78. The van der Waals surface area contributed by atoms with Crippen molar-refractivity contribution >= 4 is 24.0 Å². The first-order valence-corrected chi connectivity index (χ1v) is 8.14. The molecule has 1 saturated heterocycles. The molecule has 1 amide bonds. The molecule has 2 aromatic heterocycles. The highest BCUT2D eigenvalue weighted by Gasteiger charge is 2.42. The van der Waals surface area contributed by atoms with Crippen molar-refractivity contribution in [2.75, 3.05) is 18.4 Å². The molecule has 4 rings (SSSR count). The smallest absolute Gasteiger partial charge is 0.252 e. The topological polar surface area (TPSA) is 113 Å². The molecule has 9 nitrogen and oxygen atoms in total. The lowest BCUT2D eigenvalue weighted by Crippen LogP contribution is -2.52. The minimum absolute atomic E-state index is 0. The lowest BCUT2D eigenvalue weighted by atomic mass is 9.87. The normalized spacial score (nSPS) is 15.8. The Balaban J connectivity index is 0.00000196. The van der Waals surface area contributed by atoms with Gasteiger partial charge in [0, 0.05) is 23.6 Å². The Bertz CT molecular complexity index is 826. The molecule has 1 fully saturated rings. The van der Waals surface area contributed by atoms with E-state index in [0.29, 0.717) is 18.7 Å². The molecule has 0 unspecified atom stereocenters. The fourth-order valence-corrected chi connectivity index (χ4v) is 3.16. The van der Waals surface area contributed by atoms with E-state index in [2.05, 4.69) is 36.4 Å². The zero-order valence-corrected chi connectivity index (χ0v) is 14.7. The lowest BCUT2D eigenvalue weighted by Gasteiger charge is -2.36. The number of hydrogen-bond donors (Lipinski definition) is 3. The maximum atomic E-state index is 13.1. The van der Waals surface area contributed by atoms with Gasteiger partial charge in [-0.25, -0.2) is 0 Å². The number of H-pyrrole nitrogens is 1. The van der Waals surface area contributed by atoms with Crippen LogP contribution in [0.2, 0.25) is 0 Å². The summed E-state index contributed by atoms with van der Waals surface area (Å²) in [6.07, 6.45) is 4.95. The third-order valence-corrected chi connectivity index (χ3v) is 4.54. The molecule has 3 N–H and O–H groups in total. The first-order valence-electron chi connectivity index (χ1n) is 8.14. The number of hydrogen-bond acceptors (Lipinski definition) is 6. The quantitative estimate of drug-likeness (QED) is 0.632. The minimum Gasteiger partial charge on any atom is -0.324 e. The number of nitrogens with one attached hydrogen (secondary N) is 3. The molecule has 1 aromatic carbocycles. The predicted octanol–water partition coefficient (Wildman–Crippen LogP) is 1.20. The number of amides is 1. The molecule has 3 aromatic rings. The molecule has 1 aliphatic rings. The van der Waals surface area contributed by atoms with Crippen LogP contribution >= 0.6 is 12.4 Å². The second-order valence-corrected chi connectivity index (χ2v) is 6.00. The lowest BCUT2D eigenvalue weighted by molar-refractivity contribution is -0.126. The predicted molar refractivity (Wildman–Crippen MR) is 97.8 cm³/mol. The van der Waals surface area contributed by atoms with Crippen LogP contribution in [0.3, 0.4) is 0 Å². The van der Waals surface area contributed by atoms with E-state index in [4.69, 9.17) is 0 Å². The molecule has 0 spiro atoms. The van der Waals surface area contributed by atoms with Gasteiger partial charge in [-0.2, -0.15) is 10.3 Å². The summed E-state index contributed by atoms with van der Waals surface area (Å²) in [5.41, 5.74) is 0.888. The number of tetrazole rings is 1. The van der Waals surface area contributed by atoms with Crippen molar-refractivity contribution in [1.29, 1.82) is 0 Å². The third-order valence-electron chi connectivity index (χ3n) is 4.54. The van der Waals surface area contributed by atoms with Gasteiger partial charge in [-0.3, -0.25) is 9.48 Å². The average molecular weight is 375 g/mol. The minimum atomic E-state index is -0.666. The molecule has 1 aliphatic heterocycles. The van der Waals surface area contributed by atoms with E-state index >= 15 is 0 Å². The van der Waals surface area contributed by atoms with Crippen LogP contribution < -0.4 is 10.6 Å². The average Bonchev–Trinajstić information content (AvgIpc) is 3.37. The monoisotopic (exact) mass is 374 g/mol. The largest absolute Gasteiger partial charge is 0.324 e. The summed E-state index contributed by atoms with van der Waals surface area (Å²) in [5, 5.41) is 24.5. The van der Waals surface area contributed by atoms with Crippen molar-refractivity contribution in [2.24, 2.45) is 0 Å². The van der Waals surface area contributed by atoms with Gasteiger partial charge in [-0.05, 0) is 61.5 Å². The summed E-state index contributed by atoms with van der Waals surface area (Å²) >= 11 is 0. The van der Waals surface area contributed by atoms with Crippen LogP contribution in [0, 0.1) is 0 Å². The van der Waals surface area contributed by atoms with Crippen LogP contribution in [-0.2, 0) is 10.3 Å². The van der Waals surface area contributed by atoms with Gasteiger partial charge >= 0.3 is 0 Å². The third kappa shape index (κ3) is 3.31. The summed E-state index contributed by atoms with van der Waals surface area (Å²) < 4.78 is 1.77. The number of carbonyl (C=O) groups is 1. The van der Waals surface area contributed by atoms with Crippen LogP contribution in [0.25, 0.3) is 11.4 Å². The van der Waals surface area contributed by atoms with Crippen LogP contribution in [0.5, 0.6) is 0 Å². The van der Waals surface area contributed by atoms with Gasteiger partial charge in [0.05, 0.1) is 0 Å². The molecule has 10 heteroatoms. The van der Waals surface area contributed by atoms with E-state index in [1.165, 1.54) is 0 Å². The van der Waals surface area contributed by atoms with Crippen molar-refractivity contribution < 1.29 is 4.79 Å². The van der Waals surface area contributed by atoms with E-state index in [1.54, 1.807) is 10.9 Å². The van der Waals surface area contributed by atoms with Crippen LogP contribution in [0.4, 0.5) is 5.69 Å². The Morgan fingerprint density at radius 3 is 2.58 bits per heavy atom. The molecule has 136 valence electrons. The number of carbonyl (C=O) groups excluding carboxylic acids is 1.